The van der Waals surface area contributed by atoms with Crippen molar-refractivity contribution in [3.8, 4) is 0 Å². The smallest absolute Gasteiger partial charge is 0.0772 e. The molecule has 0 aromatic rings. The van der Waals surface area contributed by atoms with Gasteiger partial charge in [-0.15, -0.1) is 0 Å². The molecule has 2 rings (SSSR count). The van der Waals surface area contributed by atoms with Gasteiger partial charge in [0.2, 0.25) is 0 Å². The van der Waals surface area contributed by atoms with Crippen LogP contribution >= 0.6 is 0 Å². The molecular weight excluding hydrogens is 186 g/mol. The lowest BCUT2D eigenvalue weighted by atomic mass is 9.71. The highest BCUT2D eigenvalue weighted by Gasteiger charge is 2.36. The van der Waals surface area contributed by atoms with Gasteiger partial charge in [0.25, 0.3) is 0 Å². The van der Waals surface area contributed by atoms with Gasteiger partial charge in [0.15, 0.2) is 0 Å². The first-order chi connectivity index (χ1) is 6.99. The first kappa shape index (κ1) is 11.4. The highest BCUT2D eigenvalue weighted by Crippen LogP contribution is 2.40. The minimum atomic E-state index is -0.412. The second kappa shape index (κ2) is 4.06. The Morgan fingerprint density at radius 3 is 2.20 bits per heavy atom. The van der Waals surface area contributed by atoms with Gasteiger partial charge in [-0.05, 0) is 43.9 Å². The topological polar surface area (TPSA) is 32.3 Å². The quantitative estimate of drug-likeness (QED) is 0.751. The van der Waals surface area contributed by atoms with Crippen LogP contribution in [0.1, 0.15) is 58.8 Å². The highest BCUT2D eigenvalue weighted by atomic mass is 16.3. The van der Waals surface area contributed by atoms with Crippen LogP contribution in [0.5, 0.6) is 0 Å². The first-order valence-corrected chi connectivity index (χ1v) is 6.45. The first-order valence-electron chi connectivity index (χ1n) is 6.45. The summed E-state index contributed by atoms with van der Waals surface area (Å²) in [6.07, 6.45) is 8.25. The molecule has 0 aromatic heterocycles. The van der Waals surface area contributed by atoms with Crippen LogP contribution in [0.15, 0.2) is 0 Å². The summed E-state index contributed by atoms with van der Waals surface area (Å²) in [5.41, 5.74) is 0.0355. The van der Waals surface area contributed by atoms with E-state index in [2.05, 4.69) is 19.2 Å². The minimum Gasteiger partial charge on any atom is -0.389 e. The van der Waals surface area contributed by atoms with Gasteiger partial charge in [0.05, 0.1) is 5.60 Å². The van der Waals surface area contributed by atoms with Crippen molar-refractivity contribution in [1.29, 1.82) is 0 Å². The van der Waals surface area contributed by atoms with Crippen molar-refractivity contribution in [2.45, 2.75) is 70.4 Å². The SMILES string of the molecule is CC1(C)CCC(O)(CNC2CCC2)CC1. The van der Waals surface area contributed by atoms with Gasteiger partial charge in [-0.25, -0.2) is 0 Å². The molecule has 0 amide bonds. The van der Waals surface area contributed by atoms with E-state index in [9.17, 15) is 5.11 Å². The molecule has 0 aliphatic heterocycles. The molecule has 88 valence electrons. The zero-order valence-corrected chi connectivity index (χ0v) is 10.2. The molecular formula is C13H25NO. The molecule has 0 radical (unpaired) electrons. The van der Waals surface area contributed by atoms with E-state index in [0.717, 1.165) is 32.2 Å². The molecule has 2 aliphatic carbocycles. The molecule has 0 aromatic carbocycles. The van der Waals surface area contributed by atoms with Crippen LogP contribution < -0.4 is 5.32 Å². The van der Waals surface area contributed by atoms with E-state index >= 15 is 0 Å². The summed E-state index contributed by atoms with van der Waals surface area (Å²) >= 11 is 0. The number of hydrogen-bond donors (Lipinski definition) is 2. The molecule has 2 saturated carbocycles. The minimum absolute atomic E-state index is 0.412. The van der Waals surface area contributed by atoms with Crippen molar-refractivity contribution in [1.82, 2.24) is 5.32 Å². The Balaban J connectivity index is 1.75. The maximum atomic E-state index is 10.4. The summed E-state index contributed by atoms with van der Waals surface area (Å²) in [5.74, 6) is 0. The lowest BCUT2D eigenvalue weighted by molar-refractivity contribution is -0.0276. The fourth-order valence-corrected chi connectivity index (χ4v) is 2.52. The van der Waals surface area contributed by atoms with Crippen LogP contribution in [0, 0.1) is 5.41 Å². The monoisotopic (exact) mass is 211 g/mol. The third kappa shape index (κ3) is 2.94. The van der Waals surface area contributed by atoms with Crippen LogP contribution in [0.3, 0.4) is 0 Å². The zero-order chi connectivity index (χ0) is 10.9. The molecule has 2 N–H and O–H groups in total. The molecule has 2 fully saturated rings. The van der Waals surface area contributed by atoms with Gasteiger partial charge in [0.1, 0.15) is 0 Å². The van der Waals surface area contributed by atoms with Crippen molar-refractivity contribution in [2.24, 2.45) is 5.41 Å². The molecule has 0 atom stereocenters. The third-order valence-corrected chi connectivity index (χ3v) is 4.36. The molecule has 0 spiro atoms. The Morgan fingerprint density at radius 1 is 1.13 bits per heavy atom. The average Bonchev–Trinajstić information content (AvgIpc) is 2.09. The molecule has 0 heterocycles. The summed E-state index contributed by atoms with van der Waals surface area (Å²) in [5, 5.41) is 13.9. The average molecular weight is 211 g/mol. The summed E-state index contributed by atoms with van der Waals surface area (Å²) in [7, 11) is 0. The Bertz CT molecular complexity index is 211. The van der Waals surface area contributed by atoms with E-state index in [-0.39, 0.29) is 0 Å². The lowest BCUT2D eigenvalue weighted by Gasteiger charge is -2.41. The van der Waals surface area contributed by atoms with E-state index in [1.807, 2.05) is 0 Å². The second-order valence-corrected chi connectivity index (χ2v) is 6.40. The predicted molar refractivity (Wildman–Crippen MR) is 62.8 cm³/mol. The summed E-state index contributed by atoms with van der Waals surface area (Å²) in [4.78, 5) is 0. The molecule has 0 unspecified atom stereocenters. The number of aliphatic hydroxyl groups is 1. The standard InChI is InChI=1S/C13H25NO/c1-12(2)6-8-13(15,9-7-12)10-14-11-4-3-5-11/h11,14-15H,3-10H2,1-2H3. The molecule has 2 nitrogen and oxygen atoms in total. The Hall–Kier alpha value is -0.0800. The van der Waals surface area contributed by atoms with E-state index in [1.54, 1.807) is 0 Å². The van der Waals surface area contributed by atoms with Crippen LogP contribution in [0.2, 0.25) is 0 Å². The second-order valence-electron chi connectivity index (χ2n) is 6.40. The van der Waals surface area contributed by atoms with E-state index in [0.29, 0.717) is 11.5 Å². The third-order valence-electron chi connectivity index (χ3n) is 4.36. The van der Waals surface area contributed by atoms with Gasteiger partial charge >= 0.3 is 0 Å². The largest absolute Gasteiger partial charge is 0.389 e. The Morgan fingerprint density at radius 2 is 1.73 bits per heavy atom. The van der Waals surface area contributed by atoms with Crippen LogP contribution in [0.4, 0.5) is 0 Å². The fourth-order valence-electron chi connectivity index (χ4n) is 2.52. The van der Waals surface area contributed by atoms with Gasteiger partial charge in [-0.3, -0.25) is 0 Å². The van der Waals surface area contributed by atoms with Gasteiger partial charge in [-0.1, -0.05) is 20.3 Å². The fraction of sp³-hybridized carbons (Fsp3) is 1.00. The van der Waals surface area contributed by atoms with Crippen LogP contribution in [0.25, 0.3) is 0 Å². The molecule has 0 bridgehead atoms. The molecule has 2 aliphatic rings. The number of rotatable bonds is 3. The molecule has 2 heteroatoms. The van der Waals surface area contributed by atoms with E-state index in [1.165, 1.54) is 19.3 Å². The Kier molecular flexibility index (Phi) is 3.09. The number of hydrogen-bond acceptors (Lipinski definition) is 2. The van der Waals surface area contributed by atoms with Crippen molar-refractivity contribution in [2.75, 3.05) is 6.54 Å². The van der Waals surface area contributed by atoms with Crippen molar-refractivity contribution >= 4 is 0 Å². The normalized spacial score (nSPS) is 29.8. The highest BCUT2D eigenvalue weighted by molar-refractivity contribution is 4.92. The van der Waals surface area contributed by atoms with Gasteiger partial charge in [0, 0.05) is 12.6 Å². The van der Waals surface area contributed by atoms with Crippen LogP contribution in [-0.4, -0.2) is 23.3 Å². The summed E-state index contributed by atoms with van der Waals surface area (Å²) in [6, 6.07) is 0.698. The maximum absolute atomic E-state index is 10.4. The van der Waals surface area contributed by atoms with Gasteiger partial charge < -0.3 is 10.4 Å². The van der Waals surface area contributed by atoms with Crippen molar-refractivity contribution < 1.29 is 5.11 Å². The van der Waals surface area contributed by atoms with E-state index in [4.69, 9.17) is 0 Å². The van der Waals surface area contributed by atoms with Gasteiger partial charge in [-0.2, -0.15) is 0 Å². The predicted octanol–water partition coefficient (Wildman–Crippen LogP) is 2.46. The lowest BCUT2D eigenvalue weighted by Crippen LogP contribution is -2.49. The molecule has 15 heavy (non-hydrogen) atoms. The summed E-state index contributed by atoms with van der Waals surface area (Å²) in [6.45, 7) is 5.44. The summed E-state index contributed by atoms with van der Waals surface area (Å²) < 4.78 is 0. The number of nitrogens with one attached hydrogen (secondary N) is 1. The van der Waals surface area contributed by atoms with Crippen molar-refractivity contribution in [3.63, 3.8) is 0 Å². The Labute approximate surface area is 93.5 Å². The maximum Gasteiger partial charge on any atom is 0.0772 e. The van der Waals surface area contributed by atoms with Crippen molar-refractivity contribution in [3.05, 3.63) is 0 Å². The zero-order valence-electron chi connectivity index (χ0n) is 10.2. The van der Waals surface area contributed by atoms with Crippen LogP contribution in [-0.2, 0) is 0 Å². The van der Waals surface area contributed by atoms with E-state index < -0.39 is 5.60 Å². The molecule has 0 saturated heterocycles.